The molecule has 1 fully saturated rings. The van der Waals surface area contributed by atoms with E-state index in [1.807, 2.05) is 42.2 Å². The Balaban J connectivity index is 1.74. The molecular weight excluding hydrogens is 384 g/mol. The van der Waals surface area contributed by atoms with Crippen LogP contribution in [0.1, 0.15) is 49.0 Å². The van der Waals surface area contributed by atoms with Crippen LogP contribution >= 0.6 is 0 Å². The maximum Gasteiger partial charge on any atom is 0.254 e. The highest BCUT2D eigenvalue weighted by Gasteiger charge is 2.28. The minimum Gasteiger partial charge on any atom is -0.334 e. The zero-order valence-corrected chi connectivity index (χ0v) is 18.1. The van der Waals surface area contributed by atoms with Gasteiger partial charge in [0.15, 0.2) is 0 Å². The predicted octanol–water partition coefficient (Wildman–Crippen LogP) is 4.16. The van der Waals surface area contributed by atoms with Gasteiger partial charge in [0.2, 0.25) is 10.0 Å². The molecule has 1 amide bonds. The topological polar surface area (TPSA) is 57.7 Å². The normalized spacial score (nSPS) is 15.9. The van der Waals surface area contributed by atoms with Crippen molar-refractivity contribution in [3.05, 3.63) is 65.7 Å². The van der Waals surface area contributed by atoms with E-state index in [1.54, 1.807) is 28.6 Å². The third-order valence-corrected chi connectivity index (χ3v) is 7.39. The summed E-state index contributed by atoms with van der Waals surface area (Å²) in [6, 6.07) is 16.3. The van der Waals surface area contributed by atoms with Crippen LogP contribution in [-0.4, -0.2) is 43.2 Å². The van der Waals surface area contributed by atoms with E-state index in [0.29, 0.717) is 37.7 Å². The first-order valence-corrected chi connectivity index (χ1v) is 11.8. The number of carbonyl (C=O) groups is 1. The van der Waals surface area contributed by atoms with Gasteiger partial charge in [-0.05, 0) is 55.0 Å². The monoisotopic (exact) mass is 414 g/mol. The summed E-state index contributed by atoms with van der Waals surface area (Å²) in [4.78, 5) is 15.1. The highest BCUT2D eigenvalue weighted by atomic mass is 32.2. The van der Waals surface area contributed by atoms with Crippen molar-refractivity contribution < 1.29 is 13.2 Å². The van der Waals surface area contributed by atoms with Gasteiger partial charge in [-0.2, -0.15) is 4.31 Å². The van der Waals surface area contributed by atoms with E-state index in [2.05, 4.69) is 6.92 Å². The summed E-state index contributed by atoms with van der Waals surface area (Å²) in [6.07, 6.45) is 2.64. The van der Waals surface area contributed by atoms with Crippen LogP contribution in [0.5, 0.6) is 0 Å². The van der Waals surface area contributed by atoms with E-state index in [9.17, 15) is 13.2 Å². The summed E-state index contributed by atoms with van der Waals surface area (Å²) in [7, 11) is -3.50. The van der Waals surface area contributed by atoms with E-state index in [-0.39, 0.29) is 10.8 Å². The quantitative estimate of drug-likeness (QED) is 0.684. The minimum absolute atomic E-state index is 0.0774. The third-order valence-electron chi connectivity index (χ3n) is 5.48. The number of amides is 1. The number of piperidine rings is 1. The van der Waals surface area contributed by atoms with Gasteiger partial charge < -0.3 is 4.90 Å². The first-order valence-electron chi connectivity index (χ1n) is 10.3. The SMILES string of the molecule is CCCN(Cc1ccccc1)C(=O)c1ccc(S(=O)(=O)N2CCC(C)CC2)cc1. The zero-order chi connectivity index (χ0) is 20.9. The Hall–Kier alpha value is -2.18. The summed E-state index contributed by atoms with van der Waals surface area (Å²) in [6.45, 7) is 6.51. The first kappa shape index (κ1) is 21.5. The van der Waals surface area contributed by atoms with Gasteiger partial charge in [-0.1, -0.05) is 44.2 Å². The third kappa shape index (κ3) is 5.25. The molecule has 2 aromatic carbocycles. The average Bonchev–Trinajstić information content (AvgIpc) is 2.74. The zero-order valence-electron chi connectivity index (χ0n) is 17.3. The van der Waals surface area contributed by atoms with Crippen LogP contribution in [0.25, 0.3) is 0 Å². The molecule has 29 heavy (non-hydrogen) atoms. The molecule has 1 aliphatic heterocycles. The molecule has 0 radical (unpaired) electrons. The Morgan fingerprint density at radius 1 is 1.03 bits per heavy atom. The van der Waals surface area contributed by atoms with Gasteiger partial charge in [0.25, 0.3) is 5.91 Å². The molecule has 6 heteroatoms. The number of rotatable bonds is 7. The van der Waals surface area contributed by atoms with Gasteiger partial charge >= 0.3 is 0 Å². The molecule has 0 N–H and O–H groups in total. The molecule has 1 aliphatic rings. The number of sulfonamides is 1. The molecule has 5 nitrogen and oxygen atoms in total. The van der Waals surface area contributed by atoms with Crippen LogP contribution < -0.4 is 0 Å². The smallest absolute Gasteiger partial charge is 0.254 e. The summed E-state index contributed by atoms with van der Waals surface area (Å²) >= 11 is 0. The average molecular weight is 415 g/mol. The van der Waals surface area contributed by atoms with Crippen molar-refractivity contribution in [3.63, 3.8) is 0 Å². The van der Waals surface area contributed by atoms with Gasteiger partial charge in [-0.3, -0.25) is 4.79 Å². The lowest BCUT2D eigenvalue weighted by Gasteiger charge is -2.29. The lowest BCUT2D eigenvalue weighted by Crippen LogP contribution is -2.37. The summed E-state index contributed by atoms with van der Waals surface area (Å²) in [5.41, 5.74) is 1.59. The molecule has 0 atom stereocenters. The predicted molar refractivity (Wildman–Crippen MR) is 115 cm³/mol. The van der Waals surface area contributed by atoms with Crippen LogP contribution in [0.2, 0.25) is 0 Å². The molecule has 0 aromatic heterocycles. The molecule has 2 aromatic rings. The van der Waals surface area contributed by atoms with Crippen LogP contribution in [0.15, 0.2) is 59.5 Å². The Bertz CT molecular complexity index is 903. The second-order valence-electron chi connectivity index (χ2n) is 7.82. The van der Waals surface area contributed by atoms with Gasteiger partial charge in [-0.25, -0.2) is 8.42 Å². The molecule has 0 saturated carbocycles. The van der Waals surface area contributed by atoms with E-state index in [4.69, 9.17) is 0 Å². The largest absolute Gasteiger partial charge is 0.334 e. The summed E-state index contributed by atoms with van der Waals surface area (Å²) in [5, 5.41) is 0. The second-order valence-corrected chi connectivity index (χ2v) is 9.76. The minimum atomic E-state index is -3.50. The maximum atomic E-state index is 13.0. The lowest BCUT2D eigenvalue weighted by molar-refractivity contribution is 0.0743. The maximum absolute atomic E-state index is 13.0. The van der Waals surface area contributed by atoms with Crippen LogP contribution in [0.3, 0.4) is 0 Å². The molecule has 0 bridgehead atoms. The van der Waals surface area contributed by atoms with Gasteiger partial charge in [0.05, 0.1) is 4.90 Å². The van der Waals surface area contributed by atoms with Crippen molar-refractivity contribution in [2.24, 2.45) is 5.92 Å². The van der Waals surface area contributed by atoms with E-state index in [1.165, 1.54) is 0 Å². The lowest BCUT2D eigenvalue weighted by atomic mass is 10.0. The molecule has 1 heterocycles. The Morgan fingerprint density at radius 3 is 2.24 bits per heavy atom. The fraction of sp³-hybridized carbons (Fsp3) is 0.435. The van der Waals surface area contributed by atoms with E-state index in [0.717, 1.165) is 24.8 Å². The van der Waals surface area contributed by atoms with Crippen LogP contribution in [-0.2, 0) is 16.6 Å². The number of hydrogen-bond donors (Lipinski definition) is 0. The molecular formula is C23H30N2O3S. The highest BCUT2D eigenvalue weighted by molar-refractivity contribution is 7.89. The Morgan fingerprint density at radius 2 is 1.66 bits per heavy atom. The molecule has 156 valence electrons. The van der Waals surface area contributed by atoms with Crippen LogP contribution in [0, 0.1) is 5.92 Å². The fourth-order valence-corrected chi connectivity index (χ4v) is 5.12. The Kier molecular flexibility index (Phi) is 7.09. The number of benzene rings is 2. The summed E-state index contributed by atoms with van der Waals surface area (Å²) in [5.74, 6) is 0.488. The van der Waals surface area contributed by atoms with Gasteiger partial charge in [0.1, 0.15) is 0 Å². The number of hydrogen-bond acceptors (Lipinski definition) is 3. The molecule has 1 saturated heterocycles. The fourth-order valence-electron chi connectivity index (χ4n) is 3.65. The van der Waals surface area contributed by atoms with Crippen LogP contribution in [0.4, 0.5) is 0 Å². The first-order chi connectivity index (χ1) is 13.9. The van der Waals surface area contributed by atoms with Crippen molar-refractivity contribution in [1.29, 1.82) is 0 Å². The standard InChI is InChI=1S/C23H30N2O3S/c1-3-15-24(18-20-7-5-4-6-8-20)23(26)21-9-11-22(12-10-21)29(27,28)25-16-13-19(2)14-17-25/h4-12,19H,3,13-18H2,1-2H3. The summed E-state index contributed by atoms with van der Waals surface area (Å²) < 4.78 is 27.3. The van der Waals surface area contributed by atoms with Crippen molar-refractivity contribution in [2.45, 2.75) is 44.6 Å². The molecule has 0 aliphatic carbocycles. The van der Waals surface area contributed by atoms with Gasteiger partial charge in [-0.15, -0.1) is 0 Å². The van der Waals surface area contributed by atoms with Gasteiger partial charge in [0, 0.05) is 31.7 Å². The van der Waals surface area contributed by atoms with Crippen molar-refractivity contribution in [2.75, 3.05) is 19.6 Å². The molecule has 3 rings (SSSR count). The second kappa shape index (κ2) is 9.55. The molecule has 0 spiro atoms. The number of carbonyl (C=O) groups excluding carboxylic acids is 1. The van der Waals surface area contributed by atoms with Crippen molar-refractivity contribution in [3.8, 4) is 0 Å². The van der Waals surface area contributed by atoms with E-state index >= 15 is 0 Å². The highest BCUT2D eigenvalue weighted by Crippen LogP contribution is 2.24. The van der Waals surface area contributed by atoms with Crippen molar-refractivity contribution >= 4 is 15.9 Å². The van der Waals surface area contributed by atoms with E-state index < -0.39 is 10.0 Å². The Labute approximate surface area is 174 Å². The molecule has 0 unspecified atom stereocenters. The van der Waals surface area contributed by atoms with Crippen molar-refractivity contribution in [1.82, 2.24) is 9.21 Å². The number of nitrogens with zero attached hydrogens (tertiary/aromatic N) is 2.